The molecule has 0 bridgehead atoms. The number of nitrogens with two attached hydrogens (primary N) is 1. The molecule has 1 aromatic rings. The Kier molecular flexibility index (Phi) is 6.19. The lowest BCUT2D eigenvalue weighted by Gasteiger charge is -2.15. The van der Waals surface area contributed by atoms with Crippen LogP contribution in [0.5, 0.6) is 0 Å². The van der Waals surface area contributed by atoms with Gasteiger partial charge in [0.15, 0.2) is 0 Å². The van der Waals surface area contributed by atoms with Crippen LogP contribution in [0.1, 0.15) is 16.7 Å². The molecule has 0 aliphatic rings. The molecule has 1 aromatic carbocycles. The summed E-state index contributed by atoms with van der Waals surface area (Å²) in [6.07, 6.45) is 0.867. The highest BCUT2D eigenvalue weighted by atomic mass is 16.5. The van der Waals surface area contributed by atoms with E-state index >= 15 is 0 Å². The van der Waals surface area contributed by atoms with Crippen LogP contribution in [0.4, 0.5) is 0 Å². The van der Waals surface area contributed by atoms with Gasteiger partial charge in [-0.25, -0.2) is 0 Å². The van der Waals surface area contributed by atoms with Crippen molar-refractivity contribution in [3.63, 3.8) is 0 Å². The monoisotopic (exact) mass is 237 g/mol. The van der Waals surface area contributed by atoms with Crippen molar-refractivity contribution >= 4 is 0 Å². The fourth-order valence-corrected chi connectivity index (χ4v) is 1.87. The second kappa shape index (κ2) is 7.43. The first-order valence-electron chi connectivity index (χ1n) is 6.02. The van der Waals surface area contributed by atoms with Crippen LogP contribution in [0.25, 0.3) is 0 Å². The molecule has 0 heterocycles. The van der Waals surface area contributed by atoms with Crippen molar-refractivity contribution in [2.75, 3.05) is 26.9 Å². The maximum Gasteiger partial charge on any atom is 0.0701 e. The zero-order chi connectivity index (χ0) is 12.7. The van der Waals surface area contributed by atoms with Gasteiger partial charge in [0, 0.05) is 13.2 Å². The van der Waals surface area contributed by atoms with Gasteiger partial charge in [-0.05, 0) is 37.0 Å². The second-order valence-electron chi connectivity index (χ2n) is 4.40. The third-order valence-corrected chi connectivity index (χ3v) is 2.87. The van der Waals surface area contributed by atoms with Crippen molar-refractivity contribution in [1.82, 2.24) is 0 Å². The minimum Gasteiger partial charge on any atom is -0.382 e. The maximum atomic E-state index is 6.06. The number of hydrogen-bond donors (Lipinski definition) is 1. The molecule has 0 saturated carbocycles. The Balaban J connectivity index is 2.42. The summed E-state index contributed by atoms with van der Waals surface area (Å²) in [7, 11) is 1.67. The van der Waals surface area contributed by atoms with Crippen molar-refractivity contribution in [3.8, 4) is 0 Å². The summed E-state index contributed by atoms with van der Waals surface area (Å²) < 4.78 is 10.4. The average Bonchev–Trinajstić information content (AvgIpc) is 2.30. The highest BCUT2D eigenvalue weighted by Crippen LogP contribution is 2.14. The predicted octanol–water partition coefficient (Wildman–Crippen LogP) is 1.84. The van der Waals surface area contributed by atoms with Gasteiger partial charge in [-0.3, -0.25) is 0 Å². The molecular weight excluding hydrogens is 214 g/mol. The molecule has 0 fully saturated rings. The largest absolute Gasteiger partial charge is 0.382 e. The lowest BCUT2D eigenvalue weighted by molar-refractivity contribution is 0.0636. The van der Waals surface area contributed by atoms with Gasteiger partial charge in [-0.15, -0.1) is 0 Å². The number of ether oxygens (including phenoxy) is 2. The molecule has 0 amide bonds. The zero-order valence-electron chi connectivity index (χ0n) is 11.0. The number of rotatable bonds is 7. The molecule has 0 saturated heterocycles. The van der Waals surface area contributed by atoms with E-state index in [4.69, 9.17) is 15.2 Å². The highest BCUT2D eigenvalue weighted by Gasteiger charge is 2.08. The van der Waals surface area contributed by atoms with Crippen LogP contribution >= 0.6 is 0 Å². The minimum atomic E-state index is 0.0478. The molecule has 0 radical (unpaired) electrons. The molecule has 2 N–H and O–H groups in total. The molecule has 0 aliphatic carbocycles. The first kappa shape index (κ1) is 14.2. The van der Waals surface area contributed by atoms with Gasteiger partial charge in [0.1, 0.15) is 0 Å². The molecule has 1 unspecified atom stereocenters. The average molecular weight is 237 g/mol. The number of benzene rings is 1. The summed E-state index contributed by atoms with van der Waals surface area (Å²) in [5.74, 6) is 0. The zero-order valence-corrected chi connectivity index (χ0v) is 11.0. The molecule has 3 nitrogen and oxygen atoms in total. The lowest BCUT2D eigenvalue weighted by atomic mass is 9.97. The summed E-state index contributed by atoms with van der Waals surface area (Å²) in [6.45, 7) is 6.06. The SMILES string of the molecule is COCCOCC(N)Cc1c(C)cccc1C. The summed E-state index contributed by atoms with van der Waals surface area (Å²) in [5, 5.41) is 0. The van der Waals surface area contributed by atoms with E-state index in [9.17, 15) is 0 Å². The third-order valence-electron chi connectivity index (χ3n) is 2.87. The smallest absolute Gasteiger partial charge is 0.0701 e. The lowest BCUT2D eigenvalue weighted by Crippen LogP contribution is -2.29. The third kappa shape index (κ3) is 4.86. The second-order valence-corrected chi connectivity index (χ2v) is 4.40. The summed E-state index contributed by atoms with van der Waals surface area (Å²) in [6, 6.07) is 6.38. The van der Waals surface area contributed by atoms with Crippen LogP contribution in [0, 0.1) is 13.8 Å². The number of hydrogen-bond acceptors (Lipinski definition) is 3. The Morgan fingerprint density at radius 1 is 1.18 bits per heavy atom. The Morgan fingerprint density at radius 3 is 2.41 bits per heavy atom. The predicted molar refractivity (Wildman–Crippen MR) is 70.3 cm³/mol. The van der Waals surface area contributed by atoms with Crippen molar-refractivity contribution < 1.29 is 9.47 Å². The molecule has 0 spiro atoms. The van der Waals surface area contributed by atoms with Gasteiger partial charge in [0.25, 0.3) is 0 Å². The molecule has 17 heavy (non-hydrogen) atoms. The van der Waals surface area contributed by atoms with E-state index in [1.165, 1.54) is 16.7 Å². The van der Waals surface area contributed by atoms with E-state index in [2.05, 4.69) is 32.0 Å². The Labute approximate surface area is 104 Å². The Morgan fingerprint density at radius 2 is 1.82 bits per heavy atom. The fourth-order valence-electron chi connectivity index (χ4n) is 1.87. The molecule has 1 rings (SSSR count). The quantitative estimate of drug-likeness (QED) is 0.736. The molecular formula is C14H23NO2. The van der Waals surface area contributed by atoms with E-state index in [1.54, 1.807) is 7.11 Å². The van der Waals surface area contributed by atoms with Gasteiger partial charge in [0.2, 0.25) is 0 Å². The van der Waals surface area contributed by atoms with Gasteiger partial charge < -0.3 is 15.2 Å². The van der Waals surface area contributed by atoms with E-state index < -0.39 is 0 Å². The summed E-state index contributed by atoms with van der Waals surface area (Å²) in [4.78, 5) is 0. The number of aryl methyl sites for hydroxylation is 2. The topological polar surface area (TPSA) is 44.5 Å². The summed E-state index contributed by atoms with van der Waals surface area (Å²) >= 11 is 0. The minimum absolute atomic E-state index is 0.0478. The molecule has 96 valence electrons. The van der Waals surface area contributed by atoms with E-state index in [1.807, 2.05) is 0 Å². The van der Waals surface area contributed by atoms with Crippen molar-refractivity contribution in [2.45, 2.75) is 26.3 Å². The van der Waals surface area contributed by atoms with Gasteiger partial charge in [-0.1, -0.05) is 18.2 Å². The van der Waals surface area contributed by atoms with Crippen LogP contribution in [-0.4, -0.2) is 33.0 Å². The highest BCUT2D eigenvalue weighted by molar-refractivity contribution is 5.34. The van der Waals surface area contributed by atoms with E-state index in [-0.39, 0.29) is 6.04 Å². The number of methoxy groups -OCH3 is 1. The molecule has 3 heteroatoms. The van der Waals surface area contributed by atoms with Crippen LogP contribution in [0.15, 0.2) is 18.2 Å². The van der Waals surface area contributed by atoms with Crippen LogP contribution in [0.3, 0.4) is 0 Å². The van der Waals surface area contributed by atoms with Crippen LogP contribution < -0.4 is 5.73 Å². The standard InChI is InChI=1S/C14H23NO2/c1-11-5-4-6-12(2)14(11)9-13(15)10-17-8-7-16-3/h4-6,13H,7-10,15H2,1-3H3. The molecule has 0 aliphatic heterocycles. The Hall–Kier alpha value is -0.900. The molecule has 0 aromatic heterocycles. The van der Waals surface area contributed by atoms with Crippen molar-refractivity contribution in [1.29, 1.82) is 0 Å². The van der Waals surface area contributed by atoms with Crippen molar-refractivity contribution in [3.05, 3.63) is 34.9 Å². The van der Waals surface area contributed by atoms with Gasteiger partial charge >= 0.3 is 0 Å². The van der Waals surface area contributed by atoms with Crippen molar-refractivity contribution in [2.24, 2.45) is 5.73 Å². The maximum absolute atomic E-state index is 6.06. The first-order chi connectivity index (χ1) is 8.15. The van der Waals surface area contributed by atoms with Crippen LogP contribution in [-0.2, 0) is 15.9 Å². The van der Waals surface area contributed by atoms with Gasteiger partial charge in [-0.2, -0.15) is 0 Å². The Bertz CT molecular complexity index is 319. The van der Waals surface area contributed by atoms with Gasteiger partial charge in [0.05, 0.1) is 19.8 Å². The van der Waals surface area contributed by atoms with E-state index in [0.29, 0.717) is 19.8 Å². The molecule has 1 atom stereocenters. The fraction of sp³-hybridized carbons (Fsp3) is 0.571. The first-order valence-corrected chi connectivity index (χ1v) is 6.02. The van der Waals surface area contributed by atoms with E-state index in [0.717, 1.165) is 6.42 Å². The normalized spacial score (nSPS) is 12.7. The summed E-state index contributed by atoms with van der Waals surface area (Å²) in [5.41, 5.74) is 10.0. The van der Waals surface area contributed by atoms with Crippen LogP contribution in [0.2, 0.25) is 0 Å².